The third-order valence-electron chi connectivity index (χ3n) is 3.85. The van der Waals surface area contributed by atoms with Crippen LogP contribution in [0.1, 0.15) is 44.9 Å². The maximum absolute atomic E-state index is 4.76. The molecule has 0 aromatic carbocycles. The van der Waals surface area contributed by atoms with E-state index in [1.165, 1.54) is 84.2 Å². The Morgan fingerprint density at radius 1 is 0.611 bits per heavy atom. The van der Waals surface area contributed by atoms with E-state index in [1.807, 2.05) is 0 Å². The van der Waals surface area contributed by atoms with Gasteiger partial charge in [-0.1, -0.05) is 12.8 Å². The number of hydrogen-bond acceptors (Lipinski definition) is 2. The first-order valence-corrected chi connectivity index (χ1v) is 8.50. The lowest BCUT2D eigenvalue weighted by Crippen LogP contribution is -2.35. The quantitative estimate of drug-likeness (QED) is 0.728. The number of likely N-dealkylation sites (tertiary alicyclic amines) is 2. The molecule has 0 N–H and O–H groups in total. The average Bonchev–Trinajstić information content (AvgIpc) is 2.42. The van der Waals surface area contributed by atoms with E-state index >= 15 is 0 Å². The van der Waals surface area contributed by atoms with Gasteiger partial charge < -0.3 is 9.80 Å². The molecule has 0 amide bonds. The summed E-state index contributed by atoms with van der Waals surface area (Å²) >= 11 is 9.53. The van der Waals surface area contributed by atoms with Crippen molar-refractivity contribution in [2.75, 3.05) is 44.6 Å². The van der Waals surface area contributed by atoms with Gasteiger partial charge in [0, 0.05) is 0 Å². The van der Waals surface area contributed by atoms with E-state index in [0.29, 0.717) is 0 Å². The number of piperidine rings is 2. The molecule has 4 heteroatoms. The number of rotatable bonds is 4. The summed E-state index contributed by atoms with van der Waals surface area (Å²) in [5, 5.41) is 0.194. The van der Waals surface area contributed by atoms with E-state index in [-0.39, 0.29) is 5.34 Å². The van der Waals surface area contributed by atoms with E-state index in [2.05, 4.69) is 9.80 Å². The van der Waals surface area contributed by atoms with Gasteiger partial charge in [-0.3, -0.25) is 0 Å². The summed E-state index contributed by atoms with van der Waals surface area (Å²) in [5.74, 6) is 0. The van der Waals surface area contributed by atoms with Crippen molar-refractivity contribution in [2.45, 2.75) is 44.9 Å². The summed E-state index contributed by atoms with van der Waals surface area (Å²) < 4.78 is 0. The molecule has 0 unspecified atom stereocenters. The zero-order valence-corrected chi connectivity index (χ0v) is 13.1. The first-order chi connectivity index (χ1) is 8.86. The number of hydrogen-bond donors (Lipinski definition) is 0. The summed E-state index contributed by atoms with van der Waals surface area (Å²) in [4.78, 5) is 5.32. The predicted molar refractivity (Wildman–Crippen MR) is 81.8 cm³/mol. The van der Waals surface area contributed by atoms with Gasteiger partial charge in [-0.05, 0) is 71.4 Å². The van der Waals surface area contributed by atoms with Crippen LogP contribution in [0.5, 0.6) is 0 Å². The Kier molecular flexibility index (Phi) is 10.4. The zero-order valence-electron chi connectivity index (χ0n) is 11.5. The molecule has 2 saturated heterocycles. The van der Waals surface area contributed by atoms with Gasteiger partial charge in [-0.15, -0.1) is 23.2 Å². The summed E-state index contributed by atoms with van der Waals surface area (Å²) in [5.41, 5.74) is 0. The lowest BCUT2D eigenvalue weighted by molar-refractivity contribution is 0.188. The SMILES string of the molecule is C1CCN(CCCN2CCCCC2)CC1.ClCCl. The van der Waals surface area contributed by atoms with Crippen molar-refractivity contribution in [3.05, 3.63) is 0 Å². The van der Waals surface area contributed by atoms with Crippen LogP contribution in [0, 0.1) is 0 Å². The van der Waals surface area contributed by atoms with Gasteiger partial charge >= 0.3 is 0 Å². The van der Waals surface area contributed by atoms with Gasteiger partial charge in [-0.2, -0.15) is 0 Å². The highest BCUT2D eigenvalue weighted by Crippen LogP contribution is 2.11. The minimum absolute atomic E-state index is 0.194. The molecule has 2 fully saturated rings. The van der Waals surface area contributed by atoms with Gasteiger partial charge in [0.15, 0.2) is 0 Å². The van der Waals surface area contributed by atoms with Crippen molar-refractivity contribution >= 4 is 23.2 Å². The van der Waals surface area contributed by atoms with Gasteiger partial charge in [0.25, 0.3) is 0 Å². The fourth-order valence-corrected chi connectivity index (χ4v) is 2.88. The van der Waals surface area contributed by atoms with Gasteiger partial charge in [0.1, 0.15) is 0 Å². The molecule has 0 atom stereocenters. The van der Waals surface area contributed by atoms with Crippen molar-refractivity contribution in [1.29, 1.82) is 0 Å². The van der Waals surface area contributed by atoms with E-state index in [4.69, 9.17) is 23.2 Å². The first-order valence-electron chi connectivity index (χ1n) is 7.43. The molecule has 2 nitrogen and oxygen atoms in total. The number of halogens is 2. The molecule has 108 valence electrons. The van der Waals surface area contributed by atoms with E-state index in [9.17, 15) is 0 Å². The first kappa shape index (κ1) is 16.6. The Labute approximate surface area is 123 Å². The zero-order chi connectivity index (χ0) is 13.1. The lowest BCUT2D eigenvalue weighted by Gasteiger charge is -2.29. The Morgan fingerprint density at radius 2 is 0.944 bits per heavy atom. The van der Waals surface area contributed by atoms with Crippen LogP contribution >= 0.6 is 23.2 Å². The molecule has 2 heterocycles. The number of alkyl halides is 2. The molecular weight excluding hydrogens is 267 g/mol. The third-order valence-corrected chi connectivity index (χ3v) is 3.85. The van der Waals surface area contributed by atoms with E-state index in [1.54, 1.807) is 0 Å². The highest BCUT2D eigenvalue weighted by atomic mass is 35.5. The normalized spacial score (nSPS) is 22.3. The summed E-state index contributed by atoms with van der Waals surface area (Å²) in [6.07, 6.45) is 10.0. The fraction of sp³-hybridized carbons (Fsp3) is 1.00. The van der Waals surface area contributed by atoms with Crippen LogP contribution in [0.15, 0.2) is 0 Å². The summed E-state index contributed by atoms with van der Waals surface area (Å²) in [6, 6.07) is 0. The molecule has 0 bridgehead atoms. The lowest BCUT2D eigenvalue weighted by atomic mass is 10.1. The molecule has 0 saturated carbocycles. The molecule has 0 aromatic heterocycles. The van der Waals surface area contributed by atoms with Gasteiger partial charge in [-0.25, -0.2) is 0 Å². The third kappa shape index (κ3) is 7.83. The Bertz CT molecular complexity index is 161. The molecule has 18 heavy (non-hydrogen) atoms. The molecule has 2 aliphatic heterocycles. The highest BCUT2D eigenvalue weighted by Gasteiger charge is 2.12. The fourth-order valence-electron chi connectivity index (χ4n) is 2.88. The van der Waals surface area contributed by atoms with Crippen molar-refractivity contribution < 1.29 is 0 Å². The van der Waals surface area contributed by atoms with Crippen LogP contribution in [0.3, 0.4) is 0 Å². The minimum atomic E-state index is 0.194. The standard InChI is InChI=1S/C13H26N2.CH2Cl2/c1-3-8-14(9-4-1)12-7-13-15-10-5-2-6-11-15;2-1-3/h1-13H2;1H2. The second-order valence-corrected chi connectivity index (χ2v) is 6.07. The molecule has 0 spiro atoms. The van der Waals surface area contributed by atoms with Crippen molar-refractivity contribution in [3.8, 4) is 0 Å². The average molecular weight is 295 g/mol. The Hall–Kier alpha value is 0.500. The molecule has 0 aliphatic carbocycles. The minimum Gasteiger partial charge on any atom is -0.303 e. The smallest absolute Gasteiger partial charge is 0.0967 e. The van der Waals surface area contributed by atoms with E-state index in [0.717, 1.165) is 0 Å². The van der Waals surface area contributed by atoms with Crippen molar-refractivity contribution in [2.24, 2.45) is 0 Å². The molecular formula is C14H28Cl2N2. The summed E-state index contributed by atoms with van der Waals surface area (Å²) in [7, 11) is 0. The van der Waals surface area contributed by atoms with Crippen molar-refractivity contribution in [1.82, 2.24) is 9.80 Å². The predicted octanol–water partition coefficient (Wildman–Crippen LogP) is 3.77. The van der Waals surface area contributed by atoms with Crippen LogP contribution < -0.4 is 0 Å². The van der Waals surface area contributed by atoms with Gasteiger partial charge in [0.05, 0.1) is 5.34 Å². The van der Waals surface area contributed by atoms with Crippen LogP contribution in [0.2, 0.25) is 0 Å². The second kappa shape index (κ2) is 11.3. The highest BCUT2D eigenvalue weighted by molar-refractivity contribution is 6.40. The van der Waals surface area contributed by atoms with Crippen LogP contribution in [-0.4, -0.2) is 54.4 Å². The maximum Gasteiger partial charge on any atom is 0.0967 e. The monoisotopic (exact) mass is 294 g/mol. The molecule has 2 aliphatic rings. The van der Waals surface area contributed by atoms with E-state index < -0.39 is 0 Å². The maximum atomic E-state index is 4.76. The Balaban J connectivity index is 0.000000492. The second-order valence-electron chi connectivity index (χ2n) is 5.26. The number of nitrogens with zero attached hydrogens (tertiary/aromatic N) is 2. The van der Waals surface area contributed by atoms with Crippen molar-refractivity contribution in [3.63, 3.8) is 0 Å². The molecule has 0 radical (unpaired) electrons. The Morgan fingerprint density at radius 3 is 1.28 bits per heavy atom. The van der Waals surface area contributed by atoms with Crippen LogP contribution in [0.25, 0.3) is 0 Å². The molecule has 2 rings (SSSR count). The van der Waals surface area contributed by atoms with Crippen LogP contribution in [-0.2, 0) is 0 Å². The van der Waals surface area contributed by atoms with Gasteiger partial charge in [0.2, 0.25) is 0 Å². The molecule has 0 aromatic rings. The van der Waals surface area contributed by atoms with Crippen LogP contribution in [0.4, 0.5) is 0 Å². The topological polar surface area (TPSA) is 6.48 Å². The summed E-state index contributed by atoms with van der Waals surface area (Å²) in [6.45, 7) is 8.13. The largest absolute Gasteiger partial charge is 0.303 e.